The third-order valence-corrected chi connectivity index (χ3v) is 4.61. The minimum absolute atomic E-state index is 0.335. The molecule has 2 rings (SSSR count). The molecule has 2 aliphatic rings. The molecule has 2 aliphatic carbocycles. The molecule has 1 unspecified atom stereocenters. The van der Waals surface area contributed by atoms with Crippen molar-refractivity contribution in [2.45, 2.75) is 69.7 Å². The van der Waals surface area contributed by atoms with Gasteiger partial charge in [0.25, 0.3) is 0 Å². The smallest absolute Gasteiger partial charge is 0.0897 e. The monoisotopic (exact) mass is 271 g/mol. The van der Waals surface area contributed by atoms with Gasteiger partial charge in [-0.25, -0.2) is 0 Å². The highest BCUT2D eigenvalue weighted by Gasteiger charge is 2.33. The van der Waals surface area contributed by atoms with Crippen LogP contribution in [0.5, 0.6) is 0 Å². The van der Waals surface area contributed by atoms with Gasteiger partial charge in [-0.05, 0) is 50.9 Å². The third kappa shape index (κ3) is 5.03. The molecule has 0 saturated heterocycles. The van der Waals surface area contributed by atoms with Crippen molar-refractivity contribution in [3.63, 3.8) is 0 Å². The highest BCUT2D eigenvalue weighted by Crippen LogP contribution is 2.30. The number of nitrogens with one attached hydrogen (secondary N) is 1. The van der Waals surface area contributed by atoms with E-state index in [1.54, 1.807) is 0 Å². The Morgan fingerprint density at radius 2 is 1.95 bits per heavy atom. The summed E-state index contributed by atoms with van der Waals surface area (Å²) >= 11 is 0. The molecule has 1 atom stereocenters. The lowest BCUT2D eigenvalue weighted by atomic mass is 9.80. The molecule has 0 amide bonds. The summed E-state index contributed by atoms with van der Waals surface area (Å²) in [6.07, 6.45) is 7.48. The van der Waals surface area contributed by atoms with Crippen molar-refractivity contribution in [2.24, 2.45) is 5.92 Å². The fourth-order valence-corrected chi connectivity index (χ4v) is 2.94. The number of rotatable bonds is 7. The normalized spacial score (nSPS) is 31.7. The minimum atomic E-state index is -0.514. The summed E-state index contributed by atoms with van der Waals surface area (Å²) < 4.78 is 5.76. The number of ether oxygens (including phenoxy) is 1. The van der Waals surface area contributed by atoms with Crippen LogP contribution in [0.25, 0.3) is 0 Å². The standard InChI is InChI=1S/C15H29NO3/c1-12-3-5-14(6-4-12)19-10-13(17)9-16-11-15(18)7-2-8-15/h12-14,16-18H,2-11H2,1H3. The zero-order valence-electron chi connectivity index (χ0n) is 12.1. The molecule has 2 saturated carbocycles. The number of hydrogen-bond acceptors (Lipinski definition) is 4. The van der Waals surface area contributed by atoms with Crippen molar-refractivity contribution in [1.29, 1.82) is 0 Å². The molecule has 4 nitrogen and oxygen atoms in total. The lowest BCUT2D eigenvalue weighted by Crippen LogP contribution is -2.48. The molecule has 112 valence electrons. The van der Waals surface area contributed by atoms with E-state index in [4.69, 9.17) is 4.74 Å². The number of aliphatic hydroxyl groups excluding tert-OH is 1. The van der Waals surface area contributed by atoms with Crippen LogP contribution in [0.1, 0.15) is 51.9 Å². The number of aliphatic hydroxyl groups is 2. The van der Waals surface area contributed by atoms with Crippen molar-refractivity contribution < 1.29 is 14.9 Å². The summed E-state index contributed by atoms with van der Waals surface area (Å²) in [7, 11) is 0. The molecule has 0 heterocycles. The highest BCUT2D eigenvalue weighted by molar-refractivity contribution is 4.89. The fraction of sp³-hybridized carbons (Fsp3) is 1.00. The molecule has 0 aliphatic heterocycles. The van der Waals surface area contributed by atoms with Crippen molar-refractivity contribution >= 4 is 0 Å². The zero-order chi connectivity index (χ0) is 13.7. The van der Waals surface area contributed by atoms with Crippen LogP contribution in [0.15, 0.2) is 0 Å². The zero-order valence-corrected chi connectivity index (χ0v) is 12.1. The average Bonchev–Trinajstić information content (AvgIpc) is 2.36. The summed E-state index contributed by atoms with van der Waals surface area (Å²) in [6.45, 7) is 3.79. The SMILES string of the molecule is CC1CCC(OCC(O)CNCC2(O)CCC2)CC1. The summed E-state index contributed by atoms with van der Waals surface area (Å²) in [5, 5.41) is 22.9. The van der Waals surface area contributed by atoms with Gasteiger partial charge in [-0.2, -0.15) is 0 Å². The summed E-state index contributed by atoms with van der Waals surface area (Å²) in [6, 6.07) is 0. The van der Waals surface area contributed by atoms with Gasteiger partial charge in [0.2, 0.25) is 0 Å². The van der Waals surface area contributed by atoms with Gasteiger partial charge in [0, 0.05) is 13.1 Å². The van der Waals surface area contributed by atoms with Gasteiger partial charge < -0.3 is 20.3 Å². The van der Waals surface area contributed by atoms with E-state index in [1.165, 1.54) is 12.8 Å². The first kappa shape index (κ1) is 15.2. The molecule has 0 aromatic heterocycles. The average molecular weight is 271 g/mol. The lowest BCUT2D eigenvalue weighted by Gasteiger charge is -2.37. The molecule has 3 N–H and O–H groups in total. The van der Waals surface area contributed by atoms with E-state index in [1.807, 2.05) is 0 Å². The summed E-state index contributed by atoms with van der Waals surface area (Å²) in [5.74, 6) is 0.828. The third-order valence-electron chi connectivity index (χ3n) is 4.61. The summed E-state index contributed by atoms with van der Waals surface area (Å²) in [5.41, 5.74) is -0.514. The van der Waals surface area contributed by atoms with Crippen LogP contribution in [-0.2, 0) is 4.74 Å². The minimum Gasteiger partial charge on any atom is -0.389 e. The van der Waals surface area contributed by atoms with Crippen LogP contribution in [0.3, 0.4) is 0 Å². The van der Waals surface area contributed by atoms with Crippen molar-refractivity contribution in [2.75, 3.05) is 19.7 Å². The van der Waals surface area contributed by atoms with E-state index >= 15 is 0 Å². The van der Waals surface area contributed by atoms with Gasteiger partial charge in [0.1, 0.15) is 0 Å². The van der Waals surface area contributed by atoms with Gasteiger partial charge in [0.05, 0.1) is 24.4 Å². The van der Waals surface area contributed by atoms with Gasteiger partial charge in [-0.3, -0.25) is 0 Å². The molecule has 2 fully saturated rings. The Balaban J connectivity index is 1.51. The maximum Gasteiger partial charge on any atom is 0.0897 e. The molecular weight excluding hydrogens is 242 g/mol. The van der Waals surface area contributed by atoms with E-state index < -0.39 is 11.7 Å². The largest absolute Gasteiger partial charge is 0.389 e. The van der Waals surface area contributed by atoms with E-state index in [0.29, 0.717) is 25.8 Å². The predicted molar refractivity (Wildman–Crippen MR) is 75.0 cm³/mol. The van der Waals surface area contributed by atoms with Gasteiger partial charge in [-0.1, -0.05) is 6.92 Å². The maximum absolute atomic E-state index is 9.91. The van der Waals surface area contributed by atoms with Crippen LogP contribution in [0, 0.1) is 5.92 Å². The van der Waals surface area contributed by atoms with Gasteiger partial charge in [-0.15, -0.1) is 0 Å². The quantitative estimate of drug-likeness (QED) is 0.656. The van der Waals surface area contributed by atoms with Gasteiger partial charge in [0.15, 0.2) is 0 Å². The Hall–Kier alpha value is -0.160. The van der Waals surface area contributed by atoms with Crippen LogP contribution in [0.2, 0.25) is 0 Å². The second kappa shape index (κ2) is 7.02. The maximum atomic E-state index is 9.91. The fourth-order valence-electron chi connectivity index (χ4n) is 2.94. The van der Waals surface area contributed by atoms with Crippen molar-refractivity contribution in [1.82, 2.24) is 5.32 Å². The lowest BCUT2D eigenvalue weighted by molar-refractivity contribution is -0.0427. The summed E-state index contributed by atoms with van der Waals surface area (Å²) in [4.78, 5) is 0. The molecule has 0 radical (unpaired) electrons. The van der Waals surface area contributed by atoms with Crippen LogP contribution in [0.4, 0.5) is 0 Å². The second-order valence-electron chi connectivity index (χ2n) is 6.58. The van der Waals surface area contributed by atoms with E-state index in [2.05, 4.69) is 12.2 Å². The first-order valence-electron chi connectivity index (χ1n) is 7.80. The molecule has 0 aromatic rings. The first-order valence-corrected chi connectivity index (χ1v) is 7.80. The molecule has 0 spiro atoms. The first-order chi connectivity index (χ1) is 9.07. The molecule has 4 heteroatoms. The Kier molecular flexibility index (Phi) is 5.63. The van der Waals surface area contributed by atoms with E-state index in [0.717, 1.165) is 38.0 Å². The van der Waals surface area contributed by atoms with E-state index in [-0.39, 0.29) is 0 Å². The van der Waals surface area contributed by atoms with Gasteiger partial charge >= 0.3 is 0 Å². The Morgan fingerprint density at radius 1 is 1.26 bits per heavy atom. The molecule has 0 bridgehead atoms. The predicted octanol–water partition coefficient (Wildman–Crippen LogP) is 1.45. The van der Waals surface area contributed by atoms with Crippen LogP contribution < -0.4 is 5.32 Å². The van der Waals surface area contributed by atoms with E-state index in [9.17, 15) is 10.2 Å². The van der Waals surface area contributed by atoms with Crippen molar-refractivity contribution in [3.8, 4) is 0 Å². The van der Waals surface area contributed by atoms with Crippen LogP contribution in [-0.4, -0.2) is 47.7 Å². The highest BCUT2D eigenvalue weighted by atomic mass is 16.5. The topological polar surface area (TPSA) is 61.7 Å². The Labute approximate surface area is 116 Å². The molecule has 19 heavy (non-hydrogen) atoms. The molecule has 0 aromatic carbocycles. The second-order valence-corrected chi connectivity index (χ2v) is 6.58. The van der Waals surface area contributed by atoms with Crippen LogP contribution >= 0.6 is 0 Å². The van der Waals surface area contributed by atoms with Crippen molar-refractivity contribution in [3.05, 3.63) is 0 Å². The molecular formula is C15H29NO3. The Morgan fingerprint density at radius 3 is 2.53 bits per heavy atom. The number of hydrogen-bond donors (Lipinski definition) is 3. The Bertz CT molecular complexity index is 260.